The number of carbonyl (C=O) groups is 1. The van der Waals surface area contributed by atoms with Crippen LogP contribution < -0.4 is 10.1 Å². The summed E-state index contributed by atoms with van der Waals surface area (Å²) in [6.45, 7) is 5.07. The summed E-state index contributed by atoms with van der Waals surface area (Å²) < 4.78 is 32.5. The molecule has 0 saturated carbocycles. The summed E-state index contributed by atoms with van der Waals surface area (Å²) in [5, 5.41) is 2.92. The van der Waals surface area contributed by atoms with E-state index in [9.17, 15) is 13.2 Å². The molecular formula is C21H26N2O4S. The first-order valence-electron chi connectivity index (χ1n) is 9.50. The lowest BCUT2D eigenvalue weighted by atomic mass is 9.97. The number of sulfonamides is 1. The van der Waals surface area contributed by atoms with Gasteiger partial charge in [-0.3, -0.25) is 4.79 Å². The fraction of sp³-hybridized carbons (Fsp3) is 0.381. The number of rotatable bonds is 6. The second-order valence-corrected chi connectivity index (χ2v) is 8.88. The summed E-state index contributed by atoms with van der Waals surface area (Å²) in [4.78, 5) is 12.7. The molecule has 7 heteroatoms. The summed E-state index contributed by atoms with van der Waals surface area (Å²) in [5.74, 6) is 0.406. The maximum Gasteiger partial charge on any atom is 0.243 e. The van der Waals surface area contributed by atoms with Crippen molar-refractivity contribution < 1.29 is 17.9 Å². The van der Waals surface area contributed by atoms with Crippen LogP contribution in [-0.2, 0) is 14.8 Å². The lowest BCUT2D eigenvalue weighted by Crippen LogP contribution is -2.41. The van der Waals surface area contributed by atoms with Crippen molar-refractivity contribution >= 4 is 21.6 Å². The number of amides is 1. The number of benzene rings is 2. The van der Waals surface area contributed by atoms with Crippen LogP contribution in [0.1, 0.15) is 25.3 Å². The average Bonchev–Trinajstić information content (AvgIpc) is 2.70. The Morgan fingerprint density at radius 3 is 2.25 bits per heavy atom. The third kappa shape index (κ3) is 4.72. The number of nitrogens with one attached hydrogen (secondary N) is 1. The average molecular weight is 403 g/mol. The van der Waals surface area contributed by atoms with Gasteiger partial charge >= 0.3 is 0 Å². The first kappa shape index (κ1) is 20.4. The minimum Gasteiger partial charge on any atom is -0.494 e. The molecule has 2 aromatic carbocycles. The number of hydrogen-bond donors (Lipinski definition) is 1. The molecule has 1 aliphatic heterocycles. The molecule has 1 N–H and O–H groups in total. The summed E-state index contributed by atoms with van der Waals surface area (Å²) in [6, 6.07) is 14.1. The molecule has 0 unspecified atom stereocenters. The molecule has 1 saturated heterocycles. The van der Waals surface area contributed by atoms with Crippen molar-refractivity contribution in [3.8, 4) is 5.75 Å². The first-order valence-corrected chi connectivity index (χ1v) is 10.9. The van der Waals surface area contributed by atoms with E-state index in [1.54, 1.807) is 24.3 Å². The molecule has 1 heterocycles. The Bertz CT molecular complexity index is 900. The molecule has 0 atom stereocenters. The van der Waals surface area contributed by atoms with Crippen LogP contribution in [-0.4, -0.2) is 38.3 Å². The highest BCUT2D eigenvalue weighted by Crippen LogP contribution is 2.26. The summed E-state index contributed by atoms with van der Waals surface area (Å²) >= 11 is 0. The third-order valence-electron chi connectivity index (χ3n) is 4.92. The monoisotopic (exact) mass is 402 g/mol. The lowest BCUT2D eigenvalue weighted by molar-refractivity contribution is -0.120. The predicted octanol–water partition coefficient (Wildman–Crippen LogP) is 3.43. The van der Waals surface area contributed by atoms with E-state index in [4.69, 9.17) is 4.74 Å². The standard InChI is InChI=1S/C21H26N2O4S/c1-3-27-19-8-10-20(11-9-19)28(25,26)23-14-12-17(13-15-23)21(24)22-18-6-4-16(2)5-7-18/h4-11,17H,3,12-15H2,1-2H3,(H,22,24). The zero-order valence-electron chi connectivity index (χ0n) is 16.2. The minimum atomic E-state index is -3.56. The van der Waals surface area contributed by atoms with E-state index in [2.05, 4.69) is 5.32 Å². The minimum absolute atomic E-state index is 0.0537. The van der Waals surface area contributed by atoms with E-state index in [0.29, 0.717) is 38.3 Å². The summed E-state index contributed by atoms with van der Waals surface area (Å²) in [6.07, 6.45) is 1.02. The van der Waals surface area contributed by atoms with E-state index >= 15 is 0 Å². The number of carbonyl (C=O) groups excluding carboxylic acids is 1. The van der Waals surface area contributed by atoms with Crippen LogP contribution in [0, 0.1) is 12.8 Å². The number of aryl methyl sites for hydroxylation is 1. The molecule has 1 amide bonds. The van der Waals surface area contributed by atoms with Crippen molar-refractivity contribution in [2.24, 2.45) is 5.92 Å². The van der Waals surface area contributed by atoms with Gasteiger partial charge in [0, 0.05) is 24.7 Å². The number of nitrogens with zero attached hydrogens (tertiary/aromatic N) is 1. The second kappa shape index (κ2) is 8.75. The molecule has 3 rings (SSSR count). The van der Waals surface area contributed by atoms with Crippen LogP contribution in [0.5, 0.6) is 5.75 Å². The molecule has 6 nitrogen and oxygen atoms in total. The van der Waals surface area contributed by atoms with Crippen molar-refractivity contribution in [1.82, 2.24) is 4.31 Å². The molecule has 1 aliphatic rings. The molecule has 0 radical (unpaired) electrons. The Hall–Kier alpha value is -2.38. The molecule has 0 aliphatic carbocycles. The SMILES string of the molecule is CCOc1ccc(S(=O)(=O)N2CCC(C(=O)Nc3ccc(C)cc3)CC2)cc1. The summed E-state index contributed by atoms with van der Waals surface area (Å²) in [7, 11) is -3.56. The van der Waals surface area contributed by atoms with Crippen LogP contribution >= 0.6 is 0 Å². The van der Waals surface area contributed by atoms with Crippen molar-refractivity contribution in [2.75, 3.05) is 25.0 Å². The molecule has 0 aromatic heterocycles. The highest BCUT2D eigenvalue weighted by molar-refractivity contribution is 7.89. The van der Waals surface area contributed by atoms with E-state index < -0.39 is 10.0 Å². The molecule has 150 valence electrons. The molecule has 2 aromatic rings. The number of hydrogen-bond acceptors (Lipinski definition) is 4. The lowest BCUT2D eigenvalue weighted by Gasteiger charge is -2.30. The second-order valence-electron chi connectivity index (χ2n) is 6.94. The van der Waals surface area contributed by atoms with Gasteiger partial charge in [0.15, 0.2) is 0 Å². The smallest absolute Gasteiger partial charge is 0.243 e. The zero-order chi connectivity index (χ0) is 20.1. The van der Waals surface area contributed by atoms with Crippen LogP contribution in [0.4, 0.5) is 5.69 Å². The molecule has 0 spiro atoms. The number of anilines is 1. The van der Waals surface area contributed by atoms with Crippen molar-refractivity contribution in [3.05, 3.63) is 54.1 Å². The van der Waals surface area contributed by atoms with Gasteiger partial charge in [-0.1, -0.05) is 17.7 Å². The largest absolute Gasteiger partial charge is 0.494 e. The van der Waals surface area contributed by atoms with E-state index in [-0.39, 0.29) is 16.7 Å². The molecular weight excluding hydrogens is 376 g/mol. The van der Waals surface area contributed by atoms with Gasteiger partial charge in [0.05, 0.1) is 11.5 Å². The fourth-order valence-corrected chi connectivity index (χ4v) is 4.73. The van der Waals surface area contributed by atoms with E-state index in [0.717, 1.165) is 11.3 Å². The third-order valence-corrected chi connectivity index (χ3v) is 6.83. The Balaban J connectivity index is 1.59. The first-order chi connectivity index (χ1) is 13.4. The number of piperidine rings is 1. The van der Waals surface area contributed by atoms with Gasteiger partial charge in [-0.25, -0.2) is 8.42 Å². The van der Waals surface area contributed by atoms with Crippen LogP contribution in [0.3, 0.4) is 0 Å². The predicted molar refractivity (Wildman–Crippen MR) is 109 cm³/mol. The Labute approximate surface area is 166 Å². The van der Waals surface area contributed by atoms with Gasteiger partial charge < -0.3 is 10.1 Å². The van der Waals surface area contributed by atoms with Gasteiger partial charge in [0.1, 0.15) is 5.75 Å². The topological polar surface area (TPSA) is 75.7 Å². The molecule has 0 bridgehead atoms. The maximum atomic E-state index is 12.8. The van der Waals surface area contributed by atoms with Gasteiger partial charge in [0.25, 0.3) is 0 Å². The van der Waals surface area contributed by atoms with E-state index in [1.807, 2.05) is 38.1 Å². The van der Waals surface area contributed by atoms with Gasteiger partial charge in [0.2, 0.25) is 15.9 Å². The van der Waals surface area contributed by atoms with Crippen LogP contribution in [0.2, 0.25) is 0 Å². The molecule has 1 fully saturated rings. The Morgan fingerprint density at radius 2 is 1.68 bits per heavy atom. The van der Waals surface area contributed by atoms with E-state index in [1.165, 1.54) is 4.31 Å². The van der Waals surface area contributed by atoms with Crippen LogP contribution in [0.25, 0.3) is 0 Å². The molecule has 28 heavy (non-hydrogen) atoms. The van der Waals surface area contributed by atoms with Gasteiger partial charge in [-0.15, -0.1) is 0 Å². The summed E-state index contributed by atoms with van der Waals surface area (Å²) in [5.41, 5.74) is 1.89. The fourth-order valence-electron chi connectivity index (χ4n) is 3.26. The highest BCUT2D eigenvalue weighted by atomic mass is 32.2. The Kier molecular flexibility index (Phi) is 6.36. The van der Waals surface area contributed by atoms with Gasteiger partial charge in [-0.05, 0) is 63.1 Å². The van der Waals surface area contributed by atoms with Crippen LogP contribution in [0.15, 0.2) is 53.4 Å². The normalized spacial score (nSPS) is 15.9. The quantitative estimate of drug-likeness (QED) is 0.803. The Morgan fingerprint density at radius 1 is 1.07 bits per heavy atom. The number of ether oxygens (including phenoxy) is 1. The van der Waals surface area contributed by atoms with Gasteiger partial charge in [-0.2, -0.15) is 4.31 Å². The maximum absolute atomic E-state index is 12.8. The highest BCUT2D eigenvalue weighted by Gasteiger charge is 2.32. The van der Waals surface area contributed by atoms with Crippen molar-refractivity contribution in [1.29, 1.82) is 0 Å². The van der Waals surface area contributed by atoms with Crippen molar-refractivity contribution in [2.45, 2.75) is 31.6 Å². The zero-order valence-corrected chi connectivity index (χ0v) is 17.0. The van der Waals surface area contributed by atoms with Crippen molar-refractivity contribution in [3.63, 3.8) is 0 Å².